The summed E-state index contributed by atoms with van der Waals surface area (Å²) in [4.78, 5) is 12.3. The first-order valence-electron chi connectivity index (χ1n) is 5.89. The fraction of sp³-hybridized carbons (Fsp3) is 0.0667. The molecular formula is C15H10BrClN2O2. The molecule has 0 spiro atoms. The average Bonchev–Trinajstić information content (AvgIpc) is 2.48. The van der Waals surface area contributed by atoms with Gasteiger partial charge in [0.1, 0.15) is 11.8 Å². The third kappa shape index (κ3) is 3.54. The zero-order valence-corrected chi connectivity index (χ0v) is 13.3. The van der Waals surface area contributed by atoms with Crippen molar-refractivity contribution in [1.29, 1.82) is 5.26 Å². The molecule has 21 heavy (non-hydrogen) atoms. The molecule has 2 aromatic carbocycles. The fourth-order valence-corrected chi connectivity index (χ4v) is 2.24. The van der Waals surface area contributed by atoms with Crippen LogP contribution >= 0.6 is 27.5 Å². The summed E-state index contributed by atoms with van der Waals surface area (Å²) in [7, 11) is 1.49. The summed E-state index contributed by atoms with van der Waals surface area (Å²) in [5.41, 5.74) is 1.19. The summed E-state index contributed by atoms with van der Waals surface area (Å²) in [6.07, 6.45) is 0. The molecule has 0 aliphatic rings. The van der Waals surface area contributed by atoms with Crippen LogP contribution in [0.5, 0.6) is 5.75 Å². The molecule has 0 saturated carbocycles. The van der Waals surface area contributed by atoms with Gasteiger partial charge < -0.3 is 10.1 Å². The lowest BCUT2D eigenvalue weighted by Crippen LogP contribution is -2.13. The number of nitriles is 1. The van der Waals surface area contributed by atoms with Crippen LogP contribution in [-0.4, -0.2) is 13.0 Å². The summed E-state index contributed by atoms with van der Waals surface area (Å²) >= 11 is 9.17. The Morgan fingerprint density at radius 2 is 2.10 bits per heavy atom. The molecule has 0 bridgehead atoms. The quantitative estimate of drug-likeness (QED) is 0.885. The minimum Gasteiger partial charge on any atom is -0.496 e. The molecule has 0 unspecified atom stereocenters. The van der Waals surface area contributed by atoms with E-state index in [0.29, 0.717) is 27.6 Å². The topological polar surface area (TPSA) is 62.1 Å². The standard InChI is InChI=1S/C15H10BrClN2O2/c1-21-14-7-10(16)2-4-12(14)15(20)19-11-3-5-13(17)9(6-11)8-18/h2-7H,1H3,(H,19,20). The highest BCUT2D eigenvalue weighted by molar-refractivity contribution is 9.10. The molecule has 0 atom stereocenters. The largest absolute Gasteiger partial charge is 0.496 e. The number of hydrogen-bond donors (Lipinski definition) is 1. The van der Waals surface area contributed by atoms with Crippen molar-refractivity contribution in [1.82, 2.24) is 0 Å². The number of ether oxygens (including phenoxy) is 1. The van der Waals surface area contributed by atoms with E-state index in [1.54, 1.807) is 30.3 Å². The third-order valence-corrected chi connectivity index (χ3v) is 3.58. The first-order valence-corrected chi connectivity index (χ1v) is 7.07. The molecule has 1 N–H and O–H groups in total. The van der Waals surface area contributed by atoms with E-state index in [9.17, 15) is 4.79 Å². The molecule has 2 aromatic rings. The Bertz CT molecular complexity index is 741. The molecular weight excluding hydrogens is 356 g/mol. The second kappa shape index (κ2) is 6.61. The van der Waals surface area contributed by atoms with Crippen LogP contribution in [0, 0.1) is 11.3 Å². The van der Waals surface area contributed by atoms with E-state index in [4.69, 9.17) is 21.6 Å². The SMILES string of the molecule is COc1cc(Br)ccc1C(=O)Nc1ccc(Cl)c(C#N)c1. The third-order valence-electron chi connectivity index (χ3n) is 2.75. The van der Waals surface area contributed by atoms with E-state index in [1.165, 1.54) is 13.2 Å². The van der Waals surface area contributed by atoms with E-state index in [2.05, 4.69) is 21.2 Å². The first kappa shape index (κ1) is 15.4. The average molecular weight is 366 g/mol. The van der Waals surface area contributed by atoms with Crippen LogP contribution in [0.4, 0.5) is 5.69 Å². The van der Waals surface area contributed by atoms with Gasteiger partial charge in [0.25, 0.3) is 5.91 Å². The molecule has 0 radical (unpaired) electrons. The van der Waals surface area contributed by atoms with E-state index in [-0.39, 0.29) is 5.91 Å². The van der Waals surface area contributed by atoms with E-state index >= 15 is 0 Å². The summed E-state index contributed by atoms with van der Waals surface area (Å²) in [5, 5.41) is 12.0. The number of benzene rings is 2. The fourth-order valence-electron chi connectivity index (χ4n) is 1.74. The lowest BCUT2D eigenvalue weighted by Gasteiger charge is -2.10. The highest BCUT2D eigenvalue weighted by Gasteiger charge is 2.13. The van der Waals surface area contributed by atoms with Crippen LogP contribution in [0.1, 0.15) is 15.9 Å². The Morgan fingerprint density at radius 1 is 1.33 bits per heavy atom. The van der Waals surface area contributed by atoms with Crippen LogP contribution < -0.4 is 10.1 Å². The molecule has 0 heterocycles. The van der Waals surface area contributed by atoms with Crippen molar-refractivity contribution in [2.45, 2.75) is 0 Å². The van der Waals surface area contributed by atoms with Crippen molar-refractivity contribution in [3.63, 3.8) is 0 Å². The normalized spacial score (nSPS) is 9.81. The van der Waals surface area contributed by atoms with Gasteiger partial charge in [-0.05, 0) is 36.4 Å². The number of carbonyl (C=O) groups excluding carboxylic acids is 1. The van der Waals surface area contributed by atoms with Gasteiger partial charge in [-0.1, -0.05) is 27.5 Å². The second-order valence-corrected chi connectivity index (χ2v) is 5.43. The Morgan fingerprint density at radius 3 is 2.76 bits per heavy atom. The van der Waals surface area contributed by atoms with Crippen LogP contribution in [0.2, 0.25) is 5.02 Å². The lowest BCUT2D eigenvalue weighted by molar-refractivity contribution is 0.102. The highest BCUT2D eigenvalue weighted by atomic mass is 79.9. The maximum atomic E-state index is 12.3. The number of halogens is 2. The van der Waals surface area contributed by atoms with Gasteiger partial charge in [-0.15, -0.1) is 0 Å². The highest BCUT2D eigenvalue weighted by Crippen LogP contribution is 2.25. The molecule has 106 valence electrons. The predicted octanol–water partition coefficient (Wildman–Crippen LogP) is 4.24. The van der Waals surface area contributed by atoms with Gasteiger partial charge in [-0.2, -0.15) is 5.26 Å². The molecule has 0 saturated heterocycles. The Kier molecular flexibility index (Phi) is 4.84. The number of amides is 1. The molecule has 6 heteroatoms. The molecule has 1 amide bonds. The van der Waals surface area contributed by atoms with Gasteiger partial charge >= 0.3 is 0 Å². The van der Waals surface area contributed by atoms with Crippen molar-refractivity contribution in [2.24, 2.45) is 0 Å². The van der Waals surface area contributed by atoms with E-state index in [0.717, 1.165) is 4.47 Å². The lowest BCUT2D eigenvalue weighted by atomic mass is 10.1. The van der Waals surface area contributed by atoms with Gasteiger partial charge in [-0.3, -0.25) is 4.79 Å². The summed E-state index contributed by atoms with van der Waals surface area (Å²) in [6, 6.07) is 11.8. The smallest absolute Gasteiger partial charge is 0.259 e. The van der Waals surface area contributed by atoms with E-state index < -0.39 is 0 Å². The van der Waals surface area contributed by atoms with Crippen LogP contribution in [-0.2, 0) is 0 Å². The Balaban J connectivity index is 2.28. The number of nitrogens with zero attached hydrogens (tertiary/aromatic N) is 1. The minimum atomic E-state index is -0.328. The molecule has 2 rings (SSSR count). The predicted molar refractivity (Wildman–Crippen MR) is 84.8 cm³/mol. The maximum Gasteiger partial charge on any atom is 0.259 e. The molecule has 0 fully saturated rings. The zero-order chi connectivity index (χ0) is 15.4. The number of hydrogen-bond acceptors (Lipinski definition) is 3. The Hall–Kier alpha value is -2.03. The number of methoxy groups -OCH3 is 1. The van der Waals surface area contributed by atoms with Gasteiger partial charge in [0.2, 0.25) is 0 Å². The Labute approximate surface area is 135 Å². The van der Waals surface area contributed by atoms with Crippen LogP contribution in [0.15, 0.2) is 40.9 Å². The first-order chi connectivity index (χ1) is 10.0. The number of rotatable bonds is 3. The zero-order valence-electron chi connectivity index (χ0n) is 11.0. The van der Waals surface area contributed by atoms with Crippen molar-refractivity contribution >= 4 is 39.1 Å². The maximum absolute atomic E-state index is 12.3. The van der Waals surface area contributed by atoms with Crippen molar-refractivity contribution < 1.29 is 9.53 Å². The summed E-state index contributed by atoms with van der Waals surface area (Å²) in [6.45, 7) is 0. The van der Waals surface area contributed by atoms with Gasteiger partial charge in [0, 0.05) is 10.2 Å². The number of carbonyl (C=O) groups is 1. The number of anilines is 1. The van der Waals surface area contributed by atoms with Crippen molar-refractivity contribution in [3.05, 3.63) is 57.0 Å². The minimum absolute atomic E-state index is 0.303. The van der Waals surface area contributed by atoms with Crippen molar-refractivity contribution in [2.75, 3.05) is 12.4 Å². The monoisotopic (exact) mass is 364 g/mol. The number of nitrogens with one attached hydrogen (secondary N) is 1. The second-order valence-electron chi connectivity index (χ2n) is 4.11. The molecule has 0 aromatic heterocycles. The summed E-state index contributed by atoms with van der Waals surface area (Å²) in [5.74, 6) is 0.127. The summed E-state index contributed by atoms with van der Waals surface area (Å²) < 4.78 is 6.00. The molecule has 0 aliphatic carbocycles. The van der Waals surface area contributed by atoms with E-state index in [1.807, 2.05) is 6.07 Å². The molecule has 4 nitrogen and oxygen atoms in total. The van der Waals surface area contributed by atoms with Crippen molar-refractivity contribution in [3.8, 4) is 11.8 Å². The molecule has 0 aliphatic heterocycles. The van der Waals surface area contributed by atoms with Gasteiger partial charge in [0.15, 0.2) is 0 Å². The van der Waals surface area contributed by atoms with Gasteiger partial charge in [-0.25, -0.2) is 0 Å². The van der Waals surface area contributed by atoms with Gasteiger partial charge in [0.05, 0.1) is 23.3 Å². The van der Waals surface area contributed by atoms with Crippen LogP contribution in [0.3, 0.4) is 0 Å². The van der Waals surface area contributed by atoms with Crippen LogP contribution in [0.25, 0.3) is 0 Å².